The van der Waals surface area contributed by atoms with Crippen LogP contribution in [0.25, 0.3) is 0 Å². The predicted octanol–water partition coefficient (Wildman–Crippen LogP) is 5.51. The van der Waals surface area contributed by atoms with Crippen molar-refractivity contribution in [1.82, 2.24) is 4.90 Å². The molecule has 0 spiro atoms. The monoisotopic (exact) mass is 393 g/mol. The van der Waals surface area contributed by atoms with E-state index in [-0.39, 0.29) is 17.4 Å². The lowest BCUT2D eigenvalue weighted by molar-refractivity contribution is -0.130. The van der Waals surface area contributed by atoms with Crippen LogP contribution in [0, 0.1) is 12.8 Å². The van der Waals surface area contributed by atoms with Gasteiger partial charge in [0.25, 0.3) is 0 Å². The van der Waals surface area contributed by atoms with Crippen LogP contribution in [0.3, 0.4) is 0 Å². The molecule has 1 fully saturated rings. The first-order valence-electron chi connectivity index (χ1n) is 10.9. The van der Waals surface area contributed by atoms with Gasteiger partial charge in [-0.3, -0.25) is 4.79 Å². The number of aryl methyl sites for hydroxylation is 1. The van der Waals surface area contributed by atoms with E-state index in [1.807, 2.05) is 23.1 Å². The standard InChI is InChI=1S/C26H35NO2/c1-20(2)25-18-26(15-17-29-25,24-12-10-21(3)11-13-24)14-16-27(22(4)28)19-23-8-6-5-7-9-23/h5-13,20,25H,14-19H2,1-4H3/t25-,26-/m0/s1. The van der Waals surface area contributed by atoms with Crippen molar-refractivity contribution >= 4 is 5.91 Å². The van der Waals surface area contributed by atoms with Crippen molar-refractivity contribution in [3.8, 4) is 0 Å². The summed E-state index contributed by atoms with van der Waals surface area (Å²) in [6.07, 6.45) is 3.26. The minimum absolute atomic E-state index is 0.0608. The van der Waals surface area contributed by atoms with Gasteiger partial charge in [0.15, 0.2) is 0 Å². The normalized spacial score (nSPS) is 21.9. The predicted molar refractivity (Wildman–Crippen MR) is 119 cm³/mol. The molecule has 0 aromatic heterocycles. The summed E-state index contributed by atoms with van der Waals surface area (Å²) in [4.78, 5) is 14.4. The third-order valence-electron chi connectivity index (χ3n) is 6.43. The molecule has 3 nitrogen and oxygen atoms in total. The largest absolute Gasteiger partial charge is 0.378 e. The number of hydrogen-bond acceptors (Lipinski definition) is 2. The van der Waals surface area contributed by atoms with Gasteiger partial charge < -0.3 is 9.64 Å². The lowest BCUT2D eigenvalue weighted by atomic mass is 9.68. The molecule has 0 radical (unpaired) electrons. The molecule has 1 saturated heterocycles. The summed E-state index contributed by atoms with van der Waals surface area (Å²) in [6.45, 7) is 10.5. The molecular weight excluding hydrogens is 358 g/mol. The fourth-order valence-electron chi connectivity index (χ4n) is 4.42. The first-order valence-corrected chi connectivity index (χ1v) is 10.9. The van der Waals surface area contributed by atoms with E-state index in [0.717, 1.165) is 32.4 Å². The SMILES string of the molecule is CC(=O)N(CC[C@]1(c2ccc(C)cc2)CCO[C@H](C(C)C)C1)Cc1ccccc1. The molecule has 1 aliphatic rings. The van der Waals surface area contributed by atoms with Crippen LogP contribution in [0.4, 0.5) is 0 Å². The maximum atomic E-state index is 12.4. The van der Waals surface area contributed by atoms with E-state index in [1.54, 1.807) is 6.92 Å². The Kier molecular flexibility index (Phi) is 7.13. The molecule has 2 aromatic carbocycles. The zero-order valence-corrected chi connectivity index (χ0v) is 18.4. The summed E-state index contributed by atoms with van der Waals surface area (Å²) < 4.78 is 6.11. The molecule has 3 heteroatoms. The Morgan fingerprint density at radius 2 is 1.83 bits per heavy atom. The highest BCUT2D eigenvalue weighted by atomic mass is 16.5. The average molecular weight is 394 g/mol. The Balaban J connectivity index is 1.82. The van der Waals surface area contributed by atoms with Gasteiger partial charge in [0.2, 0.25) is 5.91 Å². The van der Waals surface area contributed by atoms with E-state index in [0.29, 0.717) is 12.5 Å². The van der Waals surface area contributed by atoms with E-state index in [4.69, 9.17) is 4.74 Å². The summed E-state index contributed by atoms with van der Waals surface area (Å²) in [5.74, 6) is 0.633. The van der Waals surface area contributed by atoms with Crippen LogP contribution in [-0.4, -0.2) is 30.1 Å². The Morgan fingerprint density at radius 3 is 2.45 bits per heavy atom. The highest BCUT2D eigenvalue weighted by Crippen LogP contribution is 2.42. The van der Waals surface area contributed by atoms with Crippen molar-refractivity contribution < 1.29 is 9.53 Å². The second-order valence-electron chi connectivity index (χ2n) is 8.93. The molecule has 0 aliphatic carbocycles. The van der Waals surface area contributed by atoms with Gasteiger partial charge in [-0.1, -0.05) is 74.0 Å². The number of benzene rings is 2. The number of carbonyl (C=O) groups is 1. The molecule has 0 N–H and O–H groups in total. The van der Waals surface area contributed by atoms with E-state index in [9.17, 15) is 4.79 Å². The Bertz CT molecular complexity index is 784. The van der Waals surface area contributed by atoms with Crippen molar-refractivity contribution in [3.05, 3.63) is 71.3 Å². The molecule has 2 aromatic rings. The molecule has 1 aliphatic heterocycles. The quantitative estimate of drug-likeness (QED) is 0.621. The molecule has 156 valence electrons. The van der Waals surface area contributed by atoms with Crippen LogP contribution in [0.2, 0.25) is 0 Å². The highest BCUT2D eigenvalue weighted by molar-refractivity contribution is 5.73. The van der Waals surface area contributed by atoms with Crippen LogP contribution in [0.1, 0.15) is 56.7 Å². The number of carbonyl (C=O) groups excluding carboxylic acids is 1. The lowest BCUT2D eigenvalue weighted by Crippen LogP contribution is -2.43. The van der Waals surface area contributed by atoms with E-state index < -0.39 is 0 Å². The second-order valence-corrected chi connectivity index (χ2v) is 8.93. The summed E-state index contributed by atoms with van der Waals surface area (Å²) in [5, 5.41) is 0. The van der Waals surface area contributed by atoms with Gasteiger partial charge in [-0.05, 0) is 43.2 Å². The van der Waals surface area contributed by atoms with Crippen molar-refractivity contribution in [1.29, 1.82) is 0 Å². The molecule has 2 atom stereocenters. The Labute approximate surface area is 176 Å². The number of hydrogen-bond donors (Lipinski definition) is 0. The Hall–Kier alpha value is -2.13. The van der Waals surface area contributed by atoms with Crippen molar-refractivity contribution in [2.75, 3.05) is 13.2 Å². The first kappa shape index (κ1) is 21.6. The van der Waals surface area contributed by atoms with Gasteiger partial charge >= 0.3 is 0 Å². The second kappa shape index (κ2) is 9.58. The summed E-state index contributed by atoms with van der Waals surface area (Å²) in [7, 11) is 0. The van der Waals surface area contributed by atoms with E-state index >= 15 is 0 Å². The molecule has 1 amide bonds. The third-order valence-corrected chi connectivity index (χ3v) is 6.43. The average Bonchev–Trinajstić information content (AvgIpc) is 2.72. The minimum Gasteiger partial charge on any atom is -0.378 e. The van der Waals surface area contributed by atoms with Crippen LogP contribution in [-0.2, 0) is 21.5 Å². The number of ether oxygens (including phenoxy) is 1. The fraction of sp³-hybridized carbons (Fsp3) is 0.500. The maximum Gasteiger partial charge on any atom is 0.219 e. The van der Waals surface area contributed by atoms with E-state index in [2.05, 4.69) is 57.2 Å². The van der Waals surface area contributed by atoms with Crippen molar-refractivity contribution in [2.45, 2.75) is 65.0 Å². The molecule has 3 rings (SSSR count). The van der Waals surface area contributed by atoms with Crippen LogP contribution in [0.5, 0.6) is 0 Å². The smallest absolute Gasteiger partial charge is 0.219 e. The molecule has 29 heavy (non-hydrogen) atoms. The molecular formula is C26H35NO2. The third kappa shape index (κ3) is 5.48. The zero-order valence-electron chi connectivity index (χ0n) is 18.4. The minimum atomic E-state index is 0.0608. The maximum absolute atomic E-state index is 12.4. The topological polar surface area (TPSA) is 29.5 Å². The molecule has 0 saturated carbocycles. The summed E-state index contributed by atoms with van der Waals surface area (Å²) in [5.41, 5.74) is 3.91. The summed E-state index contributed by atoms with van der Waals surface area (Å²) >= 11 is 0. The van der Waals surface area contributed by atoms with Gasteiger partial charge in [-0.15, -0.1) is 0 Å². The molecule has 1 heterocycles. The van der Waals surface area contributed by atoms with Crippen LogP contribution in [0.15, 0.2) is 54.6 Å². The van der Waals surface area contributed by atoms with Gasteiger partial charge in [0.1, 0.15) is 0 Å². The summed E-state index contributed by atoms with van der Waals surface area (Å²) in [6, 6.07) is 19.3. The Morgan fingerprint density at radius 1 is 1.14 bits per heavy atom. The van der Waals surface area contributed by atoms with Gasteiger partial charge in [0, 0.05) is 32.0 Å². The fourth-order valence-corrected chi connectivity index (χ4v) is 4.42. The van der Waals surface area contributed by atoms with Crippen molar-refractivity contribution in [3.63, 3.8) is 0 Å². The van der Waals surface area contributed by atoms with Crippen molar-refractivity contribution in [2.24, 2.45) is 5.92 Å². The van der Waals surface area contributed by atoms with Gasteiger partial charge in [-0.2, -0.15) is 0 Å². The zero-order chi connectivity index (χ0) is 20.9. The van der Waals surface area contributed by atoms with Crippen LogP contribution >= 0.6 is 0 Å². The number of amides is 1. The molecule has 0 unspecified atom stereocenters. The number of nitrogens with zero attached hydrogens (tertiary/aromatic N) is 1. The lowest BCUT2D eigenvalue weighted by Gasteiger charge is -2.44. The van der Waals surface area contributed by atoms with Gasteiger partial charge in [-0.25, -0.2) is 0 Å². The van der Waals surface area contributed by atoms with Gasteiger partial charge in [0.05, 0.1) is 6.10 Å². The van der Waals surface area contributed by atoms with E-state index in [1.165, 1.54) is 16.7 Å². The van der Waals surface area contributed by atoms with Crippen LogP contribution < -0.4 is 0 Å². The highest BCUT2D eigenvalue weighted by Gasteiger charge is 2.39. The molecule has 0 bridgehead atoms. The first-order chi connectivity index (χ1) is 13.9. The number of rotatable bonds is 7.